The van der Waals surface area contributed by atoms with Crippen LogP contribution in [-0.2, 0) is 6.54 Å². The number of amides is 1. The minimum absolute atomic E-state index is 0.0205. The van der Waals surface area contributed by atoms with Crippen molar-refractivity contribution in [1.29, 1.82) is 5.41 Å². The third-order valence-corrected chi connectivity index (χ3v) is 5.38. The molecule has 1 amide bonds. The van der Waals surface area contributed by atoms with Gasteiger partial charge in [-0.05, 0) is 31.2 Å². The smallest absolute Gasteiger partial charge is 0.255 e. The summed E-state index contributed by atoms with van der Waals surface area (Å²) >= 11 is -0.108. The quantitative estimate of drug-likeness (QED) is 0.308. The molecule has 0 spiro atoms. The first-order valence-corrected chi connectivity index (χ1v) is 11.6. The number of hydrogen-bond acceptors (Lipinski definition) is 7. The van der Waals surface area contributed by atoms with Gasteiger partial charge in [-0.3, -0.25) is 14.9 Å². The SMILES string of the molecule is CC.CNc1cc(F)ccc1C(=N)c1cnc2c(n1)c(C(=O)N[C@H](C)Cn1cccn1)cn2SF. The molecule has 0 fully saturated rings. The highest BCUT2D eigenvalue weighted by molar-refractivity contribution is 7.92. The highest BCUT2D eigenvalue weighted by atomic mass is 32.2. The van der Waals surface area contributed by atoms with E-state index >= 15 is 0 Å². The fraction of sp³-hybridized carbons (Fsp3) is 0.261. The number of carbonyl (C=O) groups is 1. The molecule has 0 bridgehead atoms. The Bertz CT molecular complexity index is 1320. The second-order valence-electron chi connectivity index (χ2n) is 7.28. The van der Waals surface area contributed by atoms with Gasteiger partial charge < -0.3 is 10.6 Å². The van der Waals surface area contributed by atoms with Crippen LogP contribution in [0, 0.1) is 11.2 Å². The molecule has 0 aliphatic rings. The van der Waals surface area contributed by atoms with Crippen molar-refractivity contribution in [3.8, 4) is 0 Å². The summed E-state index contributed by atoms with van der Waals surface area (Å²) in [5.74, 6) is -0.902. The van der Waals surface area contributed by atoms with Crippen molar-refractivity contribution in [1.82, 2.24) is 29.0 Å². The van der Waals surface area contributed by atoms with Crippen molar-refractivity contribution in [2.24, 2.45) is 0 Å². The summed E-state index contributed by atoms with van der Waals surface area (Å²) in [7, 11) is 1.62. The first kappa shape index (κ1) is 25.8. The summed E-state index contributed by atoms with van der Waals surface area (Å²) in [4.78, 5) is 21.6. The summed E-state index contributed by atoms with van der Waals surface area (Å²) in [6, 6.07) is 5.50. The van der Waals surface area contributed by atoms with Crippen LogP contribution in [0.25, 0.3) is 11.2 Å². The third-order valence-electron chi connectivity index (χ3n) is 4.96. The minimum Gasteiger partial charge on any atom is -0.387 e. The van der Waals surface area contributed by atoms with Crippen molar-refractivity contribution in [2.45, 2.75) is 33.4 Å². The van der Waals surface area contributed by atoms with Gasteiger partial charge in [0.15, 0.2) is 18.0 Å². The van der Waals surface area contributed by atoms with Gasteiger partial charge in [-0.25, -0.2) is 18.3 Å². The molecule has 0 aliphatic heterocycles. The van der Waals surface area contributed by atoms with E-state index in [2.05, 4.69) is 25.7 Å². The van der Waals surface area contributed by atoms with Crippen molar-refractivity contribution in [3.05, 3.63) is 71.7 Å². The number of fused-ring (bicyclic) bond motifs is 1. The molecule has 12 heteroatoms. The number of nitrogens with one attached hydrogen (secondary N) is 3. The molecule has 3 N–H and O–H groups in total. The highest BCUT2D eigenvalue weighted by Crippen LogP contribution is 2.25. The van der Waals surface area contributed by atoms with E-state index in [0.29, 0.717) is 17.8 Å². The molecule has 3 aromatic heterocycles. The zero-order chi connectivity index (χ0) is 25.5. The van der Waals surface area contributed by atoms with Crippen molar-refractivity contribution in [3.63, 3.8) is 0 Å². The number of aromatic nitrogens is 5. The maximum absolute atomic E-state index is 13.6. The maximum Gasteiger partial charge on any atom is 0.255 e. The van der Waals surface area contributed by atoms with Gasteiger partial charge in [-0.15, -0.1) is 3.89 Å². The fourth-order valence-corrected chi connectivity index (χ4v) is 3.76. The van der Waals surface area contributed by atoms with Crippen LogP contribution in [0.3, 0.4) is 0 Å². The van der Waals surface area contributed by atoms with E-state index in [0.717, 1.165) is 3.97 Å². The largest absolute Gasteiger partial charge is 0.387 e. The van der Waals surface area contributed by atoms with Gasteiger partial charge in [0.1, 0.15) is 17.0 Å². The van der Waals surface area contributed by atoms with Crippen molar-refractivity contribution in [2.75, 3.05) is 12.4 Å². The Morgan fingerprint density at radius 2 is 2.06 bits per heavy atom. The molecule has 9 nitrogen and oxygen atoms in total. The molecule has 0 aliphatic carbocycles. The van der Waals surface area contributed by atoms with Crippen molar-refractivity contribution < 1.29 is 13.1 Å². The van der Waals surface area contributed by atoms with Crippen LogP contribution in [0.5, 0.6) is 0 Å². The molecule has 35 heavy (non-hydrogen) atoms. The molecule has 184 valence electrons. The lowest BCUT2D eigenvalue weighted by molar-refractivity contribution is 0.0937. The Hall–Kier alpha value is -3.80. The lowest BCUT2D eigenvalue weighted by atomic mass is 10.1. The second kappa shape index (κ2) is 11.6. The van der Waals surface area contributed by atoms with Crippen LogP contribution in [0.2, 0.25) is 0 Å². The van der Waals surface area contributed by atoms with E-state index < -0.39 is 11.7 Å². The van der Waals surface area contributed by atoms with Crippen LogP contribution in [0.15, 0.2) is 49.1 Å². The van der Waals surface area contributed by atoms with Crippen LogP contribution >= 0.6 is 12.3 Å². The standard InChI is InChI=1S/C21H20F2N8OS.C2H6/c1-12(10-30-7-3-6-27-30)28-21(32)15-11-31(33-23)20-19(15)29-17(9-26-20)18(24)14-5-4-13(22)8-16(14)25-2;1-2/h3-9,11-12,24-25H,10H2,1-2H3,(H,28,32);1-2H3/t12-;/m1./s1. The van der Waals surface area contributed by atoms with Gasteiger partial charge in [0.25, 0.3) is 5.91 Å². The highest BCUT2D eigenvalue weighted by Gasteiger charge is 2.22. The first-order valence-electron chi connectivity index (χ1n) is 10.9. The predicted octanol–water partition coefficient (Wildman–Crippen LogP) is 4.45. The van der Waals surface area contributed by atoms with E-state index in [9.17, 15) is 13.1 Å². The average molecular weight is 501 g/mol. The van der Waals surface area contributed by atoms with Gasteiger partial charge >= 0.3 is 0 Å². The van der Waals surface area contributed by atoms with Gasteiger partial charge in [0, 0.05) is 42.9 Å². The number of nitrogens with zero attached hydrogens (tertiary/aromatic N) is 5. The number of hydrogen-bond donors (Lipinski definition) is 3. The molecular weight excluding hydrogens is 474 g/mol. The van der Waals surface area contributed by atoms with E-state index in [1.54, 1.807) is 30.2 Å². The maximum atomic E-state index is 13.6. The van der Waals surface area contributed by atoms with Gasteiger partial charge in [0.05, 0.1) is 24.0 Å². The summed E-state index contributed by atoms with van der Waals surface area (Å²) in [6.07, 6.45) is 6.07. The van der Waals surface area contributed by atoms with Gasteiger partial charge in [-0.2, -0.15) is 5.10 Å². The molecule has 1 atom stereocenters. The number of carbonyl (C=O) groups excluding carboxylic acids is 1. The average Bonchev–Trinajstić information content (AvgIpc) is 3.51. The molecule has 1 aromatic carbocycles. The van der Waals surface area contributed by atoms with E-state index in [1.807, 2.05) is 20.8 Å². The Balaban J connectivity index is 0.00000167. The number of benzene rings is 1. The summed E-state index contributed by atoms with van der Waals surface area (Å²) in [5.41, 5.74) is 1.38. The lowest BCUT2D eigenvalue weighted by Gasteiger charge is -2.13. The number of halogens is 2. The Labute approximate surface area is 205 Å². The van der Waals surface area contributed by atoms with Crippen LogP contribution in [0.4, 0.5) is 14.0 Å². The number of anilines is 1. The van der Waals surface area contributed by atoms with Crippen LogP contribution in [-0.4, -0.2) is 48.4 Å². The van der Waals surface area contributed by atoms with Gasteiger partial charge in [0.2, 0.25) is 0 Å². The Morgan fingerprint density at radius 3 is 2.71 bits per heavy atom. The topological polar surface area (TPSA) is 114 Å². The van der Waals surface area contributed by atoms with Crippen LogP contribution in [0.1, 0.15) is 42.4 Å². The Morgan fingerprint density at radius 1 is 1.29 bits per heavy atom. The molecule has 0 saturated carbocycles. The summed E-state index contributed by atoms with van der Waals surface area (Å²) < 4.78 is 29.9. The summed E-state index contributed by atoms with van der Waals surface area (Å²) in [5, 5.41) is 18.4. The summed E-state index contributed by atoms with van der Waals surface area (Å²) in [6.45, 7) is 6.28. The van der Waals surface area contributed by atoms with Crippen molar-refractivity contribution >= 4 is 40.8 Å². The predicted molar refractivity (Wildman–Crippen MR) is 134 cm³/mol. The molecule has 4 aromatic rings. The van der Waals surface area contributed by atoms with Gasteiger partial charge in [-0.1, -0.05) is 13.8 Å². The normalized spacial score (nSPS) is 11.5. The number of rotatable bonds is 8. The second-order valence-corrected chi connectivity index (χ2v) is 7.81. The van der Waals surface area contributed by atoms with E-state index in [1.165, 1.54) is 30.6 Å². The van der Waals surface area contributed by atoms with E-state index in [-0.39, 0.29) is 46.5 Å². The third kappa shape index (κ3) is 5.65. The fourth-order valence-electron chi connectivity index (χ4n) is 3.42. The zero-order valence-corrected chi connectivity index (χ0v) is 20.5. The first-order chi connectivity index (χ1) is 16.9. The van der Waals surface area contributed by atoms with E-state index in [4.69, 9.17) is 5.41 Å². The minimum atomic E-state index is -0.455. The lowest BCUT2D eigenvalue weighted by Crippen LogP contribution is -2.35. The molecule has 3 heterocycles. The molecule has 0 unspecified atom stereocenters. The molecular formula is C23H26F2N8OS. The monoisotopic (exact) mass is 500 g/mol. The van der Waals surface area contributed by atoms with Crippen LogP contribution < -0.4 is 10.6 Å². The molecule has 0 radical (unpaired) electrons. The molecule has 4 rings (SSSR count). The Kier molecular flexibility index (Phi) is 8.53. The zero-order valence-electron chi connectivity index (χ0n) is 19.7. The molecule has 0 saturated heterocycles.